The lowest BCUT2D eigenvalue weighted by atomic mass is 9.93. The summed E-state index contributed by atoms with van der Waals surface area (Å²) in [6, 6.07) is 15.4. The Kier molecular flexibility index (Phi) is 5.09. The molecular weight excluding hydrogens is 341 g/mol. The Morgan fingerprint density at radius 1 is 0.952 bits per heavy atom. The van der Waals surface area contributed by atoms with Crippen LogP contribution in [0.15, 0.2) is 54.6 Å². The summed E-state index contributed by atoms with van der Waals surface area (Å²) in [5.74, 6) is 0.282. The third kappa shape index (κ3) is 4.34. The summed E-state index contributed by atoms with van der Waals surface area (Å²) < 4.78 is 37.6. The van der Waals surface area contributed by atoms with Gasteiger partial charge >= 0.3 is 6.18 Å². The van der Waals surface area contributed by atoms with Crippen molar-refractivity contribution in [3.05, 3.63) is 71.3 Å². The molecule has 0 fully saturated rings. The van der Waals surface area contributed by atoms with Crippen LogP contribution in [0.1, 0.15) is 28.4 Å². The molecule has 4 heteroatoms. The van der Waals surface area contributed by atoms with Crippen LogP contribution in [0.25, 0.3) is 0 Å². The Hall–Kier alpha value is -1.29. The topological polar surface area (TPSA) is 0 Å². The smallest absolute Gasteiger partial charge is 0.166 e. The van der Waals surface area contributed by atoms with Gasteiger partial charge in [0.15, 0.2) is 0 Å². The van der Waals surface area contributed by atoms with E-state index in [2.05, 4.69) is 22.9 Å². The Morgan fingerprint density at radius 2 is 1.52 bits per heavy atom. The minimum atomic E-state index is -4.27. The summed E-state index contributed by atoms with van der Waals surface area (Å²) >= 11 is 3.68. The molecule has 2 aromatic carbocycles. The maximum absolute atomic E-state index is 12.5. The van der Waals surface area contributed by atoms with Gasteiger partial charge in [0.2, 0.25) is 0 Å². The summed E-state index contributed by atoms with van der Waals surface area (Å²) in [4.78, 5) is 0.181. The molecule has 0 aromatic heterocycles. The van der Waals surface area contributed by atoms with Crippen LogP contribution < -0.4 is 0 Å². The monoisotopic (exact) mass is 356 g/mol. The molecule has 2 aromatic rings. The van der Waals surface area contributed by atoms with Crippen molar-refractivity contribution < 1.29 is 13.2 Å². The largest absolute Gasteiger partial charge is 0.416 e. The van der Waals surface area contributed by atoms with Gasteiger partial charge in [0.05, 0.1) is 5.56 Å². The van der Waals surface area contributed by atoms with E-state index in [1.54, 1.807) is 12.1 Å². The zero-order valence-corrected chi connectivity index (χ0v) is 13.2. The van der Waals surface area contributed by atoms with E-state index >= 15 is 0 Å². The average Bonchev–Trinajstić information content (AvgIpc) is 2.47. The second kappa shape index (κ2) is 6.65. The van der Waals surface area contributed by atoms with E-state index in [0.29, 0.717) is 0 Å². The molecule has 0 nitrogen and oxygen atoms in total. The lowest BCUT2D eigenvalue weighted by molar-refractivity contribution is -0.137. The van der Waals surface area contributed by atoms with Gasteiger partial charge in [-0.25, -0.2) is 0 Å². The van der Waals surface area contributed by atoms with Crippen molar-refractivity contribution in [3.63, 3.8) is 0 Å². The van der Waals surface area contributed by atoms with Crippen LogP contribution in [0.3, 0.4) is 0 Å². The zero-order valence-electron chi connectivity index (χ0n) is 11.6. The van der Waals surface area contributed by atoms with Crippen LogP contribution in [-0.4, -0.2) is 0 Å². The van der Waals surface area contributed by atoms with Gasteiger partial charge in [0, 0.05) is 4.83 Å². The van der Waals surface area contributed by atoms with Gasteiger partial charge in [-0.1, -0.05) is 65.3 Å². The molecule has 0 radical (unpaired) electrons. The Bertz CT molecular complexity index is 561. The molecule has 2 unspecified atom stereocenters. The van der Waals surface area contributed by atoms with E-state index < -0.39 is 11.7 Å². The first-order chi connectivity index (χ1) is 9.88. The van der Waals surface area contributed by atoms with Crippen LogP contribution in [0.4, 0.5) is 13.2 Å². The molecule has 0 aliphatic carbocycles. The first kappa shape index (κ1) is 16.1. The highest BCUT2D eigenvalue weighted by Crippen LogP contribution is 2.34. The van der Waals surface area contributed by atoms with Crippen LogP contribution in [0, 0.1) is 5.92 Å². The zero-order chi connectivity index (χ0) is 15.5. The van der Waals surface area contributed by atoms with E-state index in [1.165, 1.54) is 5.56 Å². The molecule has 0 aliphatic rings. The number of halogens is 4. The van der Waals surface area contributed by atoms with E-state index in [9.17, 15) is 13.2 Å². The molecule has 0 spiro atoms. The van der Waals surface area contributed by atoms with Gasteiger partial charge in [0.1, 0.15) is 0 Å². The van der Waals surface area contributed by atoms with Gasteiger partial charge in [-0.15, -0.1) is 0 Å². The molecule has 2 atom stereocenters. The van der Waals surface area contributed by atoms with Crippen LogP contribution in [0.5, 0.6) is 0 Å². The molecule has 0 N–H and O–H groups in total. The average molecular weight is 357 g/mol. The summed E-state index contributed by atoms with van der Waals surface area (Å²) in [6.45, 7) is 2.09. The maximum Gasteiger partial charge on any atom is 0.416 e. The van der Waals surface area contributed by atoms with Gasteiger partial charge < -0.3 is 0 Å². The Morgan fingerprint density at radius 3 is 2.05 bits per heavy atom. The molecule has 0 heterocycles. The molecule has 2 rings (SSSR count). The second-order valence-corrected chi connectivity index (χ2v) is 6.18. The van der Waals surface area contributed by atoms with Crippen LogP contribution in [0.2, 0.25) is 0 Å². The first-order valence-corrected chi connectivity index (χ1v) is 7.64. The molecule has 0 saturated carbocycles. The van der Waals surface area contributed by atoms with Crippen molar-refractivity contribution >= 4 is 15.9 Å². The number of benzene rings is 2. The van der Waals surface area contributed by atoms with Crippen molar-refractivity contribution in [2.24, 2.45) is 5.92 Å². The van der Waals surface area contributed by atoms with E-state index in [0.717, 1.165) is 24.1 Å². The second-order valence-electron chi connectivity index (χ2n) is 5.19. The fourth-order valence-electron chi connectivity index (χ4n) is 2.27. The highest BCUT2D eigenvalue weighted by Gasteiger charge is 2.30. The fourth-order valence-corrected chi connectivity index (χ4v) is 2.76. The highest BCUT2D eigenvalue weighted by molar-refractivity contribution is 9.09. The summed E-state index contributed by atoms with van der Waals surface area (Å²) in [7, 11) is 0. The van der Waals surface area contributed by atoms with Crippen LogP contribution in [-0.2, 0) is 12.6 Å². The predicted octanol–water partition coefficient (Wildman–Crippen LogP) is 6.02. The van der Waals surface area contributed by atoms with Gasteiger partial charge in [-0.2, -0.15) is 13.2 Å². The predicted molar refractivity (Wildman–Crippen MR) is 82.4 cm³/mol. The third-order valence-electron chi connectivity index (χ3n) is 3.46. The Balaban J connectivity index is 2.04. The minimum Gasteiger partial charge on any atom is -0.166 e. The van der Waals surface area contributed by atoms with Crippen molar-refractivity contribution in [3.8, 4) is 0 Å². The molecule has 0 amide bonds. The van der Waals surface area contributed by atoms with Gasteiger partial charge in [0.25, 0.3) is 0 Å². The lowest BCUT2D eigenvalue weighted by Crippen LogP contribution is -2.08. The van der Waals surface area contributed by atoms with Crippen molar-refractivity contribution in [1.29, 1.82) is 0 Å². The molecular formula is C17H16BrF3. The van der Waals surface area contributed by atoms with Crippen molar-refractivity contribution in [1.82, 2.24) is 0 Å². The normalized spacial score (nSPS) is 14.7. The quantitative estimate of drug-likeness (QED) is 0.587. The molecule has 21 heavy (non-hydrogen) atoms. The van der Waals surface area contributed by atoms with E-state index in [1.807, 2.05) is 30.3 Å². The standard InChI is InChI=1S/C17H16BrF3/c1-12(16(18)14-5-3-2-4-6-14)11-13-7-9-15(10-8-13)17(19,20)21/h2-10,12,16H,11H2,1H3. The summed E-state index contributed by atoms with van der Waals surface area (Å²) in [5.41, 5.74) is 1.49. The third-order valence-corrected chi connectivity index (χ3v) is 4.89. The number of hydrogen-bond acceptors (Lipinski definition) is 0. The van der Waals surface area contributed by atoms with Crippen molar-refractivity contribution in [2.75, 3.05) is 0 Å². The van der Waals surface area contributed by atoms with Gasteiger partial charge in [-0.3, -0.25) is 0 Å². The minimum absolute atomic E-state index is 0.181. The molecule has 0 aliphatic heterocycles. The lowest BCUT2D eigenvalue weighted by Gasteiger charge is -2.19. The molecule has 0 bridgehead atoms. The molecule has 112 valence electrons. The Labute approximate surface area is 131 Å². The SMILES string of the molecule is CC(Cc1ccc(C(F)(F)F)cc1)C(Br)c1ccccc1. The van der Waals surface area contributed by atoms with Crippen LogP contribution >= 0.6 is 15.9 Å². The van der Waals surface area contributed by atoms with Crippen molar-refractivity contribution in [2.45, 2.75) is 24.3 Å². The number of rotatable bonds is 4. The summed E-state index contributed by atoms with van der Waals surface area (Å²) in [6.07, 6.45) is -3.55. The fraction of sp³-hybridized carbons (Fsp3) is 0.294. The van der Waals surface area contributed by atoms with E-state index in [4.69, 9.17) is 0 Å². The maximum atomic E-state index is 12.5. The number of hydrogen-bond donors (Lipinski definition) is 0. The number of alkyl halides is 4. The highest BCUT2D eigenvalue weighted by atomic mass is 79.9. The molecule has 0 saturated heterocycles. The van der Waals surface area contributed by atoms with E-state index in [-0.39, 0.29) is 10.7 Å². The summed E-state index contributed by atoms with van der Waals surface area (Å²) in [5, 5.41) is 0. The van der Waals surface area contributed by atoms with Gasteiger partial charge in [-0.05, 0) is 35.6 Å². The first-order valence-electron chi connectivity index (χ1n) is 6.73.